The van der Waals surface area contributed by atoms with E-state index in [4.69, 9.17) is 0 Å². The molecule has 0 nitrogen and oxygen atoms in total. The van der Waals surface area contributed by atoms with Crippen molar-refractivity contribution in [3.05, 3.63) is 58.4 Å². The van der Waals surface area contributed by atoms with Crippen LogP contribution in [0.25, 0.3) is 11.1 Å². The highest BCUT2D eigenvalue weighted by molar-refractivity contribution is 5.74. The molecule has 0 aliphatic heterocycles. The molecular formula is C20H14F11. The van der Waals surface area contributed by atoms with Crippen molar-refractivity contribution in [1.29, 1.82) is 0 Å². The van der Waals surface area contributed by atoms with Crippen LogP contribution in [0.2, 0.25) is 0 Å². The van der Waals surface area contributed by atoms with Gasteiger partial charge in [0.2, 0.25) is 0 Å². The molecule has 0 heterocycles. The van der Waals surface area contributed by atoms with Gasteiger partial charge in [0.15, 0.2) is 0 Å². The Morgan fingerprint density at radius 3 is 1.71 bits per heavy atom. The molecule has 0 aromatic heterocycles. The van der Waals surface area contributed by atoms with Crippen LogP contribution in [-0.2, 0) is 24.7 Å². The molecule has 0 saturated heterocycles. The molecule has 0 saturated carbocycles. The number of halogens is 11. The summed E-state index contributed by atoms with van der Waals surface area (Å²) < 4.78 is 148. The van der Waals surface area contributed by atoms with Crippen LogP contribution >= 0.6 is 0 Å². The summed E-state index contributed by atoms with van der Waals surface area (Å²) in [6.07, 6.45) is -18.7. The Labute approximate surface area is 169 Å². The Morgan fingerprint density at radius 1 is 0.742 bits per heavy atom. The summed E-state index contributed by atoms with van der Waals surface area (Å²) >= 11 is 0. The van der Waals surface area contributed by atoms with Crippen LogP contribution in [0.4, 0.5) is 48.3 Å². The van der Waals surface area contributed by atoms with Gasteiger partial charge >= 0.3 is 24.2 Å². The second-order valence-corrected chi connectivity index (χ2v) is 6.62. The van der Waals surface area contributed by atoms with Crippen LogP contribution in [0, 0.1) is 11.9 Å². The number of benzene rings is 2. The van der Waals surface area contributed by atoms with Crippen molar-refractivity contribution in [2.24, 2.45) is 0 Å². The molecular weight excluding hydrogens is 449 g/mol. The van der Waals surface area contributed by atoms with E-state index in [1.807, 2.05) is 0 Å². The minimum absolute atomic E-state index is 0.0555. The number of hydrogen-bond acceptors (Lipinski definition) is 0. The van der Waals surface area contributed by atoms with Crippen LogP contribution in [0.15, 0.2) is 24.3 Å². The number of aryl methyl sites for hydroxylation is 2. The SMILES string of the molecule is CCc1[c]c(CC)c(-c2ccc(F)c(C(F)(F)F)c2)c(C(F)(C(F)(F)F)C(F)(F)F)c1. The first kappa shape index (κ1) is 24.9. The maximum Gasteiger partial charge on any atom is 0.435 e. The van der Waals surface area contributed by atoms with Crippen LogP contribution in [0.1, 0.15) is 36.1 Å². The van der Waals surface area contributed by atoms with E-state index >= 15 is 0 Å². The van der Waals surface area contributed by atoms with Crippen LogP contribution in [-0.4, -0.2) is 12.4 Å². The van der Waals surface area contributed by atoms with Crippen molar-refractivity contribution in [2.45, 2.75) is 50.9 Å². The lowest BCUT2D eigenvalue weighted by molar-refractivity contribution is -0.348. The Kier molecular flexibility index (Phi) is 6.42. The fourth-order valence-electron chi connectivity index (χ4n) is 3.12. The average Bonchev–Trinajstić information content (AvgIpc) is 2.64. The first-order valence-corrected chi connectivity index (χ1v) is 8.77. The third-order valence-corrected chi connectivity index (χ3v) is 4.65. The van der Waals surface area contributed by atoms with E-state index in [0.717, 1.165) is 0 Å². The number of alkyl halides is 10. The molecule has 31 heavy (non-hydrogen) atoms. The van der Waals surface area contributed by atoms with E-state index in [1.54, 1.807) is 0 Å². The average molecular weight is 463 g/mol. The molecule has 0 aliphatic rings. The van der Waals surface area contributed by atoms with E-state index in [1.165, 1.54) is 13.8 Å². The molecule has 0 bridgehead atoms. The van der Waals surface area contributed by atoms with Gasteiger partial charge in [-0.15, -0.1) is 0 Å². The van der Waals surface area contributed by atoms with Gasteiger partial charge in [-0.1, -0.05) is 26.0 Å². The van der Waals surface area contributed by atoms with Gasteiger partial charge in [0, 0.05) is 5.56 Å². The van der Waals surface area contributed by atoms with Crippen molar-refractivity contribution in [3.8, 4) is 11.1 Å². The summed E-state index contributed by atoms with van der Waals surface area (Å²) in [5, 5.41) is 0. The zero-order chi connectivity index (χ0) is 24.0. The monoisotopic (exact) mass is 463 g/mol. The Morgan fingerprint density at radius 2 is 1.29 bits per heavy atom. The molecule has 171 valence electrons. The van der Waals surface area contributed by atoms with Crippen molar-refractivity contribution < 1.29 is 48.3 Å². The third kappa shape index (κ3) is 4.36. The van der Waals surface area contributed by atoms with Gasteiger partial charge in [-0.25, -0.2) is 8.78 Å². The topological polar surface area (TPSA) is 0 Å². The second kappa shape index (κ2) is 7.98. The summed E-state index contributed by atoms with van der Waals surface area (Å²) in [4.78, 5) is 0. The second-order valence-electron chi connectivity index (χ2n) is 6.62. The maximum atomic E-state index is 15.0. The van der Waals surface area contributed by atoms with Crippen LogP contribution in [0.5, 0.6) is 0 Å². The highest BCUT2D eigenvalue weighted by Crippen LogP contribution is 2.56. The van der Waals surface area contributed by atoms with Gasteiger partial charge in [-0.2, -0.15) is 39.5 Å². The van der Waals surface area contributed by atoms with Gasteiger partial charge < -0.3 is 0 Å². The molecule has 11 heteroatoms. The van der Waals surface area contributed by atoms with Crippen molar-refractivity contribution >= 4 is 0 Å². The highest BCUT2D eigenvalue weighted by Gasteiger charge is 2.74. The Balaban J connectivity index is 3.05. The van der Waals surface area contributed by atoms with Crippen molar-refractivity contribution in [3.63, 3.8) is 0 Å². The quantitative estimate of drug-likeness (QED) is 0.407. The summed E-state index contributed by atoms with van der Waals surface area (Å²) in [7, 11) is 0. The molecule has 0 amide bonds. The van der Waals surface area contributed by atoms with E-state index in [-0.39, 0.29) is 42.2 Å². The third-order valence-electron chi connectivity index (χ3n) is 4.65. The van der Waals surface area contributed by atoms with E-state index < -0.39 is 52.3 Å². The predicted molar refractivity (Wildman–Crippen MR) is 89.3 cm³/mol. The van der Waals surface area contributed by atoms with Gasteiger partial charge in [0.25, 0.3) is 0 Å². The minimum Gasteiger partial charge on any atom is -0.218 e. The fraction of sp³-hybridized carbons (Fsp3) is 0.400. The summed E-state index contributed by atoms with van der Waals surface area (Å²) in [6, 6.07) is 3.67. The molecule has 2 aromatic rings. The Hall–Kier alpha value is -2.33. The van der Waals surface area contributed by atoms with E-state index in [2.05, 4.69) is 6.07 Å². The lowest BCUT2D eigenvalue weighted by atomic mass is 9.81. The fourth-order valence-corrected chi connectivity index (χ4v) is 3.12. The zero-order valence-corrected chi connectivity index (χ0v) is 15.9. The van der Waals surface area contributed by atoms with Crippen LogP contribution in [0.3, 0.4) is 0 Å². The molecule has 1 radical (unpaired) electrons. The van der Waals surface area contributed by atoms with Crippen LogP contribution < -0.4 is 0 Å². The Bertz CT molecular complexity index is 935. The zero-order valence-electron chi connectivity index (χ0n) is 15.9. The van der Waals surface area contributed by atoms with Crippen molar-refractivity contribution in [1.82, 2.24) is 0 Å². The summed E-state index contributed by atoms with van der Waals surface area (Å²) in [5.74, 6) is -1.79. The molecule has 0 spiro atoms. The first-order valence-electron chi connectivity index (χ1n) is 8.77. The van der Waals surface area contributed by atoms with E-state index in [0.29, 0.717) is 6.07 Å². The molecule has 0 fully saturated rings. The van der Waals surface area contributed by atoms with Crippen molar-refractivity contribution in [2.75, 3.05) is 0 Å². The molecule has 0 N–H and O–H groups in total. The largest absolute Gasteiger partial charge is 0.435 e. The molecule has 2 aromatic carbocycles. The number of hydrogen-bond donors (Lipinski definition) is 0. The van der Waals surface area contributed by atoms with Gasteiger partial charge in [-0.05, 0) is 53.3 Å². The van der Waals surface area contributed by atoms with E-state index in [9.17, 15) is 48.3 Å². The number of rotatable bonds is 4. The first-order chi connectivity index (χ1) is 14.0. The normalized spacial score (nSPS) is 13.6. The lowest BCUT2D eigenvalue weighted by Gasteiger charge is -2.33. The minimum atomic E-state index is -6.48. The highest BCUT2D eigenvalue weighted by atomic mass is 19.4. The lowest BCUT2D eigenvalue weighted by Crippen LogP contribution is -2.50. The maximum absolute atomic E-state index is 15.0. The predicted octanol–water partition coefficient (Wildman–Crippen LogP) is 7.73. The van der Waals surface area contributed by atoms with Gasteiger partial charge in [-0.3, -0.25) is 0 Å². The van der Waals surface area contributed by atoms with Gasteiger partial charge in [0.05, 0.1) is 5.56 Å². The molecule has 2 rings (SSSR count). The smallest absolute Gasteiger partial charge is 0.218 e. The molecule has 0 atom stereocenters. The summed E-state index contributed by atoms with van der Waals surface area (Å²) in [6.45, 7) is 2.67. The van der Waals surface area contributed by atoms with Gasteiger partial charge in [0.1, 0.15) is 5.82 Å². The standard InChI is InChI=1S/C20H14F11/c1-3-10-7-11(4-2)16(12-5-6-15(21)13(9-12)18(23,24)25)14(8-10)17(22,19(26,27)28)20(29,30)31/h5-6,8-9H,3-4H2,1-2H3. The summed E-state index contributed by atoms with van der Waals surface area (Å²) in [5.41, 5.74) is -12.2. The molecule has 0 aliphatic carbocycles. The molecule has 0 unspecified atom stereocenters.